The first-order valence-electron chi connectivity index (χ1n) is 7.50. The topological polar surface area (TPSA) is 61.4 Å². The van der Waals surface area contributed by atoms with E-state index in [9.17, 15) is 9.59 Å². The minimum atomic E-state index is 0.179. The molecule has 3 heterocycles. The third-order valence-electron chi connectivity index (χ3n) is 4.80. The summed E-state index contributed by atoms with van der Waals surface area (Å²) in [4.78, 5) is 25.7. The summed E-state index contributed by atoms with van der Waals surface area (Å²) in [6, 6.07) is 0.304. The molecular weight excluding hydrogens is 242 g/mol. The Hall–Kier alpha value is -1.10. The lowest BCUT2D eigenvalue weighted by Crippen LogP contribution is -2.55. The molecule has 0 radical (unpaired) electrons. The van der Waals surface area contributed by atoms with Crippen LogP contribution in [0.25, 0.3) is 0 Å². The van der Waals surface area contributed by atoms with Gasteiger partial charge in [0, 0.05) is 32.0 Å². The fraction of sp³-hybridized carbons (Fsp3) is 0.857. The Bertz CT molecular complexity index is 366. The van der Waals surface area contributed by atoms with E-state index in [1.165, 1.54) is 0 Å². The van der Waals surface area contributed by atoms with Gasteiger partial charge in [0.05, 0.1) is 0 Å². The van der Waals surface area contributed by atoms with E-state index < -0.39 is 0 Å². The summed E-state index contributed by atoms with van der Waals surface area (Å²) in [6.45, 7) is 3.68. The number of carbonyl (C=O) groups excluding carboxylic acids is 2. The summed E-state index contributed by atoms with van der Waals surface area (Å²) in [5, 5.41) is 6.38. The highest BCUT2D eigenvalue weighted by molar-refractivity contribution is 5.78. The SMILES string of the molecule is O=C1CCC2CN(C(=O)CC3CCNC3)CCC2N1. The molecule has 0 aromatic heterocycles. The largest absolute Gasteiger partial charge is 0.353 e. The lowest BCUT2D eigenvalue weighted by Gasteiger charge is -2.41. The number of likely N-dealkylation sites (tertiary alicyclic amines) is 1. The van der Waals surface area contributed by atoms with Gasteiger partial charge in [0.25, 0.3) is 0 Å². The van der Waals surface area contributed by atoms with E-state index in [2.05, 4.69) is 10.6 Å². The number of carbonyl (C=O) groups is 2. The van der Waals surface area contributed by atoms with E-state index in [-0.39, 0.29) is 5.91 Å². The van der Waals surface area contributed by atoms with Gasteiger partial charge in [-0.15, -0.1) is 0 Å². The standard InChI is InChI=1S/C14H23N3O2/c18-13-2-1-11-9-17(6-4-12(11)16-13)14(19)7-10-3-5-15-8-10/h10-12,15H,1-9H2,(H,16,18). The van der Waals surface area contributed by atoms with Crippen LogP contribution in [0.4, 0.5) is 0 Å². The molecule has 2 amide bonds. The number of piperidine rings is 2. The zero-order valence-corrected chi connectivity index (χ0v) is 11.4. The molecule has 3 rings (SSSR count). The van der Waals surface area contributed by atoms with Gasteiger partial charge < -0.3 is 15.5 Å². The van der Waals surface area contributed by atoms with Crippen LogP contribution in [0.2, 0.25) is 0 Å². The Morgan fingerprint density at radius 2 is 2.21 bits per heavy atom. The molecule has 5 nitrogen and oxygen atoms in total. The summed E-state index contributed by atoms with van der Waals surface area (Å²) in [6.07, 6.45) is 4.30. The van der Waals surface area contributed by atoms with E-state index >= 15 is 0 Å². The Kier molecular flexibility index (Phi) is 3.73. The number of nitrogens with zero attached hydrogens (tertiary/aromatic N) is 1. The van der Waals surface area contributed by atoms with Crippen LogP contribution in [0, 0.1) is 11.8 Å². The van der Waals surface area contributed by atoms with Crippen molar-refractivity contribution in [2.24, 2.45) is 11.8 Å². The van der Waals surface area contributed by atoms with Crippen LogP contribution in [0.3, 0.4) is 0 Å². The number of nitrogens with one attached hydrogen (secondary N) is 2. The molecule has 3 saturated heterocycles. The molecule has 3 aliphatic heterocycles. The quantitative estimate of drug-likeness (QED) is 0.745. The average Bonchev–Trinajstić information content (AvgIpc) is 2.91. The predicted molar refractivity (Wildman–Crippen MR) is 71.4 cm³/mol. The molecular formula is C14H23N3O2. The minimum absolute atomic E-state index is 0.179. The van der Waals surface area contributed by atoms with Crippen LogP contribution in [-0.4, -0.2) is 48.9 Å². The van der Waals surface area contributed by atoms with Gasteiger partial charge in [-0.1, -0.05) is 0 Å². The molecule has 0 aromatic rings. The monoisotopic (exact) mass is 265 g/mol. The molecule has 3 fully saturated rings. The van der Waals surface area contributed by atoms with Crippen molar-refractivity contribution in [1.29, 1.82) is 0 Å². The maximum absolute atomic E-state index is 12.3. The van der Waals surface area contributed by atoms with Gasteiger partial charge in [-0.2, -0.15) is 0 Å². The maximum atomic E-state index is 12.3. The highest BCUT2D eigenvalue weighted by Crippen LogP contribution is 2.26. The first-order valence-corrected chi connectivity index (χ1v) is 7.50. The molecule has 0 aliphatic carbocycles. The number of hydrogen-bond acceptors (Lipinski definition) is 3. The van der Waals surface area contributed by atoms with E-state index in [4.69, 9.17) is 0 Å². The highest BCUT2D eigenvalue weighted by Gasteiger charge is 2.35. The van der Waals surface area contributed by atoms with Gasteiger partial charge in [0.15, 0.2) is 0 Å². The highest BCUT2D eigenvalue weighted by atomic mass is 16.2. The molecule has 0 bridgehead atoms. The summed E-state index contributed by atoms with van der Waals surface area (Å²) in [7, 11) is 0. The molecule has 5 heteroatoms. The van der Waals surface area contributed by atoms with E-state index in [0.29, 0.717) is 36.6 Å². The van der Waals surface area contributed by atoms with Crippen LogP contribution >= 0.6 is 0 Å². The smallest absolute Gasteiger partial charge is 0.222 e. The fourth-order valence-electron chi connectivity index (χ4n) is 3.60. The Morgan fingerprint density at radius 1 is 1.32 bits per heavy atom. The summed E-state index contributed by atoms with van der Waals surface area (Å²) in [5.74, 6) is 1.48. The molecule has 19 heavy (non-hydrogen) atoms. The van der Waals surface area contributed by atoms with Crippen molar-refractivity contribution in [3.05, 3.63) is 0 Å². The molecule has 3 unspecified atom stereocenters. The molecule has 106 valence electrons. The van der Waals surface area contributed by atoms with Gasteiger partial charge in [0.2, 0.25) is 11.8 Å². The predicted octanol–water partition coefficient (Wildman–Crippen LogP) is 0.113. The van der Waals surface area contributed by atoms with Crippen LogP contribution in [0.15, 0.2) is 0 Å². The van der Waals surface area contributed by atoms with E-state index in [1.807, 2.05) is 4.90 Å². The van der Waals surface area contributed by atoms with Crippen molar-refractivity contribution in [2.45, 2.75) is 38.1 Å². The van der Waals surface area contributed by atoms with Gasteiger partial charge in [-0.25, -0.2) is 0 Å². The van der Waals surface area contributed by atoms with Crippen molar-refractivity contribution in [3.8, 4) is 0 Å². The molecule has 3 atom stereocenters. The second-order valence-electron chi connectivity index (χ2n) is 6.16. The number of fused-ring (bicyclic) bond motifs is 1. The average molecular weight is 265 g/mol. The maximum Gasteiger partial charge on any atom is 0.222 e. The molecule has 2 N–H and O–H groups in total. The van der Waals surface area contributed by atoms with Crippen molar-refractivity contribution in [2.75, 3.05) is 26.2 Å². The van der Waals surface area contributed by atoms with Crippen molar-refractivity contribution in [1.82, 2.24) is 15.5 Å². The van der Waals surface area contributed by atoms with Crippen molar-refractivity contribution < 1.29 is 9.59 Å². The van der Waals surface area contributed by atoms with Crippen LogP contribution < -0.4 is 10.6 Å². The van der Waals surface area contributed by atoms with Gasteiger partial charge in [0.1, 0.15) is 0 Å². The normalized spacial score (nSPS) is 34.8. The Morgan fingerprint density at radius 3 is 3.00 bits per heavy atom. The van der Waals surface area contributed by atoms with Crippen LogP contribution in [-0.2, 0) is 9.59 Å². The van der Waals surface area contributed by atoms with Gasteiger partial charge in [-0.3, -0.25) is 9.59 Å². The van der Waals surface area contributed by atoms with Crippen LogP contribution in [0.1, 0.15) is 32.1 Å². The van der Waals surface area contributed by atoms with Gasteiger partial charge in [-0.05, 0) is 44.2 Å². The zero-order chi connectivity index (χ0) is 13.2. The third kappa shape index (κ3) is 2.91. The number of amides is 2. The first kappa shape index (κ1) is 12.9. The Balaban J connectivity index is 1.52. The third-order valence-corrected chi connectivity index (χ3v) is 4.80. The summed E-state index contributed by atoms with van der Waals surface area (Å²) < 4.78 is 0. The first-order chi connectivity index (χ1) is 9.22. The van der Waals surface area contributed by atoms with Crippen LogP contribution in [0.5, 0.6) is 0 Å². The number of rotatable bonds is 2. The molecule has 3 aliphatic rings. The molecule has 0 spiro atoms. The Labute approximate surface area is 114 Å². The van der Waals surface area contributed by atoms with Crippen molar-refractivity contribution in [3.63, 3.8) is 0 Å². The lowest BCUT2D eigenvalue weighted by molar-refractivity contribution is -0.135. The second-order valence-corrected chi connectivity index (χ2v) is 6.16. The van der Waals surface area contributed by atoms with E-state index in [0.717, 1.165) is 45.4 Å². The zero-order valence-electron chi connectivity index (χ0n) is 11.4. The minimum Gasteiger partial charge on any atom is -0.353 e. The number of hydrogen-bond donors (Lipinski definition) is 2. The molecule has 0 aromatic carbocycles. The van der Waals surface area contributed by atoms with Crippen molar-refractivity contribution >= 4 is 11.8 Å². The van der Waals surface area contributed by atoms with Gasteiger partial charge >= 0.3 is 0 Å². The molecule has 0 saturated carbocycles. The lowest BCUT2D eigenvalue weighted by atomic mass is 9.85. The fourth-order valence-corrected chi connectivity index (χ4v) is 3.60. The summed E-state index contributed by atoms with van der Waals surface area (Å²) in [5.41, 5.74) is 0. The second kappa shape index (κ2) is 5.49. The summed E-state index contributed by atoms with van der Waals surface area (Å²) >= 11 is 0. The van der Waals surface area contributed by atoms with E-state index in [1.54, 1.807) is 0 Å².